The van der Waals surface area contributed by atoms with Crippen molar-refractivity contribution in [2.75, 3.05) is 43.9 Å². The fraction of sp³-hybridized carbons (Fsp3) is 0.636. The average molecular weight is 221 g/mol. The van der Waals surface area contributed by atoms with Crippen LogP contribution in [-0.4, -0.2) is 43.7 Å². The summed E-state index contributed by atoms with van der Waals surface area (Å²) in [6.07, 6.45) is 2.86. The second-order valence-corrected chi connectivity index (χ2v) is 4.25. The van der Waals surface area contributed by atoms with Crippen LogP contribution in [0.4, 0.5) is 11.6 Å². The van der Waals surface area contributed by atoms with Crippen LogP contribution in [0.5, 0.6) is 0 Å². The highest BCUT2D eigenvalue weighted by molar-refractivity contribution is 5.47. The van der Waals surface area contributed by atoms with E-state index in [1.807, 2.05) is 13.1 Å². The molecule has 0 amide bonds. The largest absolute Gasteiger partial charge is 0.373 e. The van der Waals surface area contributed by atoms with Crippen LogP contribution in [0.3, 0.4) is 0 Å². The van der Waals surface area contributed by atoms with Gasteiger partial charge in [0.2, 0.25) is 0 Å². The third-order valence-corrected chi connectivity index (χ3v) is 2.99. The number of hydrogen-bond acceptors (Lipinski definition) is 5. The molecule has 0 saturated carbocycles. The predicted octanol–water partition coefficient (Wildman–Crippen LogP) is 0.564. The Balaban J connectivity index is 1.98. The van der Waals surface area contributed by atoms with Crippen molar-refractivity contribution in [2.24, 2.45) is 5.92 Å². The normalized spacial score (nSPS) is 19.8. The molecule has 0 aliphatic carbocycles. The van der Waals surface area contributed by atoms with Crippen molar-refractivity contribution >= 4 is 11.6 Å². The van der Waals surface area contributed by atoms with Crippen LogP contribution in [-0.2, 0) is 0 Å². The molecule has 5 nitrogen and oxygen atoms in total. The summed E-state index contributed by atoms with van der Waals surface area (Å²) >= 11 is 0. The molecule has 1 aromatic heterocycles. The lowest BCUT2D eigenvalue weighted by Gasteiger charge is -2.21. The first-order valence-electron chi connectivity index (χ1n) is 5.71. The van der Waals surface area contributed by atoms with Crippen LogP contribution in [0.15, 0.2) is 12.4 Å². The van der Waals surface area contributed by atoms with Gasteiger partial charge in [0, 0.05) is 26.7 Å². The Morgan fingerprint density at radius 2 is 2.44 bits per heavy atom. The van der Waals surface area contributed by atoms with E-state index in [0.717, 1.165) is 37.2 Å². The van der Waals surface area contributed by atoms with Crippen molar-refractivity contribution in [1.82, 2.24) is 15.3 Å². The van der Waals surface area contributed by atoms with E-state index in [1.165, 1.54) is 6.42 Å². The molecule has 1 atom stereocenters. The predicted molar refractivity (Wildman–Crippen MR) is 65.8 cm³/mol. The Bertz CT molecular complexity index is 335. The summed E-state index contributed by atoms with van der Waals surface area (Å²) in [6.45, 7) is 3.31. The van der Waals surface area contributed by atoms with Gasteiger partial charge in [-0.3, -0.25) is 0 Å². The molecule has 0 bridgehead atoms. The summed E-state index contributed by atoms with van der Waals surface area (Å²) in [6, 6.07) is 1.97. The van der Waals surface area contributed by atoms with E-state index in [-0.39, 0.29) is 0 Å². The van der Waals surface area contributed by atoms with Crippen LogP contribution < -0.4 is 15.5 Å². The van der Waals surface area contributed by atoms with Gasteiger partial charge >= 0.3 is 0 Å². The van der Waals surface area contributed by atoms with Gasteiger partial charge < -0.3 is 15.5 Å². The van der Waals surface area contributed by atoms with Crippen LogP contribution >= 0.6 is 0 Å². The fourth-order valence-electron chi connectivity index (χ4n) is 2.04. The number of rotatable bonds is 4. The van der Waals surface area contributed by atoms with Crippen molar-refractivity contribution in [1.29, 1.82) is 0 Å². The Morgan fingerprint density at radius 1 is 1.56 bits per heavy atom. The van der Waals surface area contributed by atoms with Crippen molar-refractivity contribution < 1.29 is 0 Å². The average Bonchev–Trinajstić information content (AvgIpc) is 2.82. The van der Waals surface area contributed by atoms with Gasteiger partial charge in [-0.05, 0) is 25.4 Å². The van der Waals surface area contributed by atoms with Gasteiger partial charge in [0.15, 0.2) is 0 Å². The van der Waals surface area contributed by atoms with Crippen LogP contribution in [0.25, 0.3) is 0 Å². The lowest BCUT2D eigenvalue weighted by Crippen LogP contribution is -2.27. The minimum atomic E-state index is 0.734. The molecular formula is C11H19N5. The maximum Gasteiger partial charge on any atom is 0.133 e. The fourth-order valence-corrected chi connectivity index (χ4v) is 2.04. The van der Waals surface area contributed by atoms with Gasteiger partial charge in [0.25, 0.3) is 0 Å². The van der Waals surface area contributed by atoms with Gasteiger partial charge in [0.1, 0.15) is 18.0 Å². The van der Waals surface area contributed by atoms with E-state index in [1.54, 1.807) is 6.33 Å². The minimum Gasteiger partial charge on any atom is -0.373 e. The molecule has 2 N–H and O–H groups in total. The zero-order valence-electron chi connectivity index (χ0n) is 9.90. The molecule has 16 heavy (non-hydrogen) atoms. The molecule has 0 spiro atoms. The van der Waals surface area contributed by atoms with Crippen LogP contribution in [0.1, 0.15) is 6.42 Å². The molecule has 1 fully saturated rings. The smallest absolute Gasteiger partial charge is 0.133 e. The summed E-state index contributed by atoms with van der Waals surface area (Å²) in [5.41, 5.74) is 0. The number of nitrogens with one attached hydrogen (secondary N) is 2. The summed E-state index contributed by atoms with van der Waals surface area (Å²) in [7, 11) is 3.95. The lowest BCUT2D eigenvalue weighted by molar-refractivity contribution is 0.575. The van der Waals surface area contributed by atoms with Gasteiger partial charge in [-0.2, -0.15) is 0 Å². The zero-order valence-corrected chi connectivity index (χ0v) is 9.90. The number of hydrogen-bond donors (Lipinski definition) is 2. The second-order valence-electron chi connectivity index (χ2n) is 4.25. The van der Waals surface area contributed by atoms with E-state index in [9.17, 15) is 0 Å². The Labute approximate surface area is 96.3 Å². The van der Waals surface area contributed by atoms with E-state index >= 15 is 0 Å². The summed E-state index contributed by atoms with van der Waals surface area (Å²) in [5.74, 6) is 2.57. The first kappa shape index (κ1) is 11.1. The van der Waals surface area contributed by atoms with Gasteiger partial charge in [-0.15, -0.1) is 0 Å². The Kier molecular flexibility index (Phi) is 3.56. The molecule has 1 aliphatic heterocycles. The Morgan fingerprint density at radius 3 is 3.12 bits per heavy atom. The number of anilines is 2. The van der Waals surface area contributed by atoms with Crippen LogP contribution in [0.2, 0.25) is 0 Å². The number of nitrogens with zero attached hydrogens (tertiary/aromatic N) is 3. The minimum absolute atomic E-state index is 0.734. The molecule has 0 radical (unpaired) electrons. The maximum atomic E-state index is 4.28. The summed E-state index contributed by atoms with van der Waals surface area (Å²) in [4.78, 5) is 10.6. The third kappa shape index (κ3) is 2.61. The summed E-state index contributed by atoms with van der Waals surface area (Å²) < 4.78 is 0. The monoisotopic (exact) mass is 221 g/mol. The lowest BCUT2D eigenvalue weighted by atomic mass is 10.1. The summed E-state index contributed by atoms with van der Waals surface area (Å²) in [5, 5.41) is 6.41. The highest BCUT2D eigenvalue weighted by Gasteiger charge is 2.17. The van der Waals surface area contributed by atoms with E-state index in [2.05, 4.69) is 32.5 Å². The quantitative estimate of drug-likeness (QED) is 0.778. The maximum absolute atomic E-state index is 4.28. The van der Waals surface area contributed by atoms with E-state index in [0.29, 0.717) is 0 Å². The molecule has 88 valence electrons. The molecular weight excluding hydrogens is 202 g/mol. The SMILES string of the molecule is CNc1cc(N(C)CC2CCNC2)ncn1. The highest BCUT2D eigenvalue weighted by atomic mass is 15.2. The van der Waals surface area contributed by atoms with Gasteiger partial charge in [-0.25, -0.2) is 9.97 Å². The Hall–Kier alpha value is -1.36. The topological polar surface area (TPSA) is 53.1 Å². The zero-order chi connectivity index (χ0) is 11.4. The highest BCUT2D eigenvalue weighted by Crippen LogP contribution is 2.16. The van der Waals surface area contributed by atoms with Gasteiger partial charge in [0.05, 0.1) is 0 Å². The molecule has 0 aromatic carbocycles. The third-order valence-electron chi connectivity index (χ3n) is 2.99. The van der Waals surface area contributed by atoms with Crippen molar-refractivity contribution in [2.45, 2.75) is 6.42 Å². The van der Waals surface area contributed by atoms with Gasteiger partial charge in [-0.1, -0.05) is 0 Å². The van der Waals surface area contributed by atoms with Crippen molar-refractivity contribution in [3.63, 3.8) is 0 Å². The van der Waals surface area contributed by atoms with E-state index in [4.69, 9.17) is 0 Å². The standard InChI is InChI=1S/C11H19N5/c1-12-10-5-11(15-8-14-10)16(2)7-9-3-4-13-6-9/h5,8-9,13H,3-4,6-7H2,1-2H3,(H,12,14,15). The van der Waals surface area contributed by atoms with Crippen molar-refractivity contribution in [3.8, 4) is 0 Å². The molecule has 5 heteroatoms. The first-order valence-corrected chi connectivity index (χ1v) is 5.71. The van der Waals surface area contributed by atoms with Crippen molar-refractivity contribution in [3.05, 3.63) is 12.4 Å². The molecule has 1 unspecified atom stereocenters. The van der Waals surface area contributed by atoms with E-state index < -0.39 is 0 Å². The number of aromatic nitrogens is 2. The molecule has 1 aliphatic rings. The second kappa shape index (κ2) is 5.12. The molecule has 1 aromatic rings. The molecule has 2 rings (SSSR count). The first-order chi connectivity index (χ1) is 7.79. The molecule has 2 heterocycles. The van der Waals surface area contributed by atoms with Crippen LogP contribution in [0, 0.1) is 5.92 Å². The molecule has 1 saturated heterocycles.